The molecule has 2 unspecified atom stereocenters. The highest BCUT2D eigenvalue weighted by Gasteiger charge is 2.37. The summed E-state index contributed by atoms with van der Waals surface area (Å²) in [5.41, 5.74) is -0.737. The van der Waals surface area contributed by atoms with E-state index in [1.54, 1.807) is 0 Å². The molecule has 3 rings (SSSR count). The number of nitrogens with zero attached hydrogens (tertiary/aromatic N) is 3. The fraction of sp³-hybridized carbons (Fsp3) is 0.643. The fourth-order valence-electron chi connectivity index (χ4n) is 3.30. The van der Waals surface area contributed by atoms with Crippen molar-refractivity contribution in [3.05, 3.63) is 22.8 Å². The zero-order chi connectivity index (χ0) is 15.2. The van der Waals surface area contributed by atoms with Gasteiger partial charge in [0.2, 0.25) is 0 Å². The van der Waals surface area contributed by atoms with E-state index in [4.69, 9.17) is 11.6 Å². The van der Waals surface area contributed by atoms with Gasteiger partial charge in [-0.15, -0.1) is 0 Å². The molecule has 1 aromatic rings. The van der Waals surface area contributed by atoms with Gasteiger partial charge in [0.05, 0.1) is 5.56 Å². The maximum absolute atomic E-state index is 12.9. The summed E-state index contributed by atoms with van der Waals surface area (Å²) in [6.45, 7) is 4.68. The summed E-state index contributed by atoms with van der Waals surface area (Å²) < 4.78 is 38.7. The van der Waals surface area contributed by atoms with Gasteiger partial charge in [-0.05, 0) is 38.4 Å². The van der Waals surface area contributed by atoms with Crippen molar-refractivity contribution in [3.8, 4) is 0 Å². The largest absolute Gasteiger partial charge is 0.416 e. The lowest BCUT2D eigenvalue weighted by Gasteiger charge is -2.43. The maximum Gasteiger partial charge on any atom is 0.416 e. The van der Waals surface area contributed by atoms with Gasteiger partial charge in [-0.2, -0.15) is 13.2 Å². The molecule has 116 valence electrons. The third-order valence-electron chi connectivity index (χ3n) is 4.34. The Kier molecular flexibility index (Phi) is 3.78. The molecular weight excluding hydrogens is 303 g/mol. The van der Waals surface area contributed by atoms with Crippen LogP contribution >= 0.6 is 11.6 Å². The summed E-state index contributed by atoms with van der Waals surface area (Å²) in [6.07, 6.45) is -2.16. The van der Waals surface area contributed by atoms with E-state index in [0.717, 1.165) is 38.1 Å². The molecule has 3 heterocycles. The van der Waals surface area contributed by atoms with Crippen molar-refractivity contribution in [1.29, 1.82) is 0 Å². The van der Waals surface area contributed by atoms with E-state index in [9.17, 15) is 13.2 Å². The third-order valence-corrected chi connectivity index (χ3v) is 4.53. The molecule has 2 aliphatic heterocycles. The molecule has 0 N–H and O–H groups in total. The van der Waals surface area contributed by atoms with E-state index in [1.165, 1.54) is 0 Å². The number of hydrogen-bond donors (Lipinski definition) is 0. The number of halogens is 4. The van der Waals surface area contributed by atoms with Crippen LogP contribution in [0.1, 0.15) is 25.3 Å². The molecule has 0 bridgehead atoms. The molecule has 21 heavy (non-hydrogen) atoms. The molecule has 2 aliphatic rings. The van der Waals surface area contributed by atoms with Crippen molar-refractivity contribution in [2.45, 2.75) is 38.0 Å². The van der Waals surface area contributed by atoms with Crippen LogP contribution in [0.4, 0.5) is 19.0 Å². The summed E-state index contributed by atoms with van der Waals surface area (Å²) in [6, 6.07) is 2.52. The van der Waals surface area contributed by atoms with Gasteiger partial charge in [0.1, 0.15) is 11.0 Å². The third kappa shape index (κ3) is 2.97. The van der Waals surface area contributed by atoms with Crippen molar-refractivity contribution in [2.75, 3.05) is 24.5 Å². The Balaban J connectivity index is 1.90. The predicted octanol–water partition coefficient (Wildman–Crippen LogP) is 3.43. The quantitative estimate of drug-likeness (QED) is 0.739. The van der Waals surface area contributed by atoms with E-state index in [2.05, 4.69) is 9.88 Å². The molecule has 0 amide bonds. The predicted molar refractivity (Wildman–Crippen MR) is 75.7 cm³/mol. The SMILES string of the molecule is CC1CN2CCCC2CN1c1cc(C(F)(F)F)cc(Cl)n1. The summed E-state index contributed by atoms with van der Waals surface area (Å²) in [4.78, 5) is 8.47. The molecule has 0 spiro atoms. The van der Waals surface area contributed by atoms with Crippen LogP contribution in [0.15, 0.2) is 12.1 Å². The lowest BCUT2D eigenvalue weighted by Crippen LogP contribution is -2.55. The minimum Gasteiger partial charge on any atom is -0.351 e. The van der Waals surface area contributed by atoms with Crippen LogP contribution in [0.5, 0.6) is 0 Å². The molecule has 0 saturated carbocycles. The van der Waals surface area contributed by atoms with Gasteiger partial charge in [-0.25, -0.2) is 4.98 Å². The first-order valence-corrected chi connectivity index (χ1v) is 7.48. The Morgan fingerprint density at radius 1 is 1.29 bits per heavy atom. The van der Waals surface area contributed by atoms with Crippen LogP contribution < -0.4 is 4.90 Å². The van der Waals surface area contributed by atoms with Gasteiger partial charge >= 0.3 is 6.18 Å². The second-order valence-electron chi connectivity index (χ2n) is 5.83. The van der Waals surface area contributed by atoms with E-state index in [-0.39, 0.29) is 11.2 Å². The van der Waals surface area contributed by atoms with Crippen LogP contribution in [0, 0.1) is 0 Å². The Hall–Kier alpha value is -1.01. The van der Waals surface area contributed by atoms with E-state index >= 15 is 0 Å². The zero-order valence-corrected chi connectivity index (χ0v) is 12.5. The normalized spacial score (nSPS) is 27.0. The number of pyridine rings is 1. The number of anilines is 1. The molecular formula is C14H17ClF3N3. The highest BCUT2D eigenvalue weighted by atomic mass is 35.5. The van der Waals surface area contributed by atoms with Gasteiger partial charge < -0.3 is 4.90 Å². The molecule has 2 atom stereocenters. The minimum atomic E-state index is -4.40. The Morgan fingerprint density at radius 3 is 2.76 bits per heavy atom. The molecule has 2 saturated heterocycles. The van der Waals surface area contributed by atoms with Crippen molar-refractivity contribution < 1.29 is 13.2 Å². The van der Waals surface area contributed by atoms with E-state index < -0.39 is 11.7 Å². The van der Waals surface area contributed by atoms with Crippen LogP contribution in [0.3, 0.4) is 0 Å². The Morgan fingerprint density at radius 2 is 2.05 bits per heavy atom. The molecule has 7 heteroatoms. The number of rotatable bonds is 1. The number of fused-ring (bicyclic) bond motifs is 1. The summed E-state index contributed by atoms with van der Waals surface area (Å²) in [7, 11) is 0. The second-order valence-corrected chi connectivity index (χ2v) is 6.21. The summed E-state index contributed by atoms with van der Waals surface area (Å²) >= 11 is 5.79. The zero-order valence-electron chi connectivity index (χ0n) is 11.7. The Bertz CT molecular complexity index is 535. The smallest absolute Gasteiger partial charge is 0.351 e. The van der Waals surface area contributed by atoms with Gasteiger partial charge in [0.25, 0.3) is 0 Å². The second kappa shape index (κ2) is 5.32. The molecule has 0 aliphatic carbocycles. The lowest BCUT2D eigenvalue weighted by molar-refractivity contribution is -0.137. The minimum absolute atomic E-state index is 0.110. The van der Waals surface area contributed by atoms with Crippen molar-refractivity contribution >= 4 is 17.4 Å². The van der Waals surface area contributed by atoms with Crippen LogP contribution in [0.25, 0.3) is 0 Å². The maximum atomic E-state index is 12.9. The number of alkyl halides is 3. The molecule has 3 nitrogen and oxygen atoms in total. The first-order chi connectivity index (χ1) is 9.84. The highest BCUT2D eigenvalue weighted by Crippen LogP contribution is 2.34. The van der Waals surface area contributed by atoms with Crippen molar-refractivity contribution in [3.63, 3.8) is 0 Å². The standard InChI is InChI=1S/C14H17ClF3N3/c1-9-7-20-4-2-3-11(20)8-21(9)13-6-10(14(16,17)18)5-12(15)19-13/h5-6,9,11H,2-4,7-8H2,1H3. The summed E-state index contributed by atoms with van der Waals surface area (Å²) in [5.74, 6) is 0.328. The van der Waals surface area contributed by atoms with Gasteiger partial charge in [0.15, 0.2) is 0 Å². The molecule has 2 fully saturated rings. The lowest BCUT2D eigenvalue weighted by atomic mass is 10.1. The average Bonchev–Trinajstić information content (AvgIpc) is 2.83. The first-order valence-electron chi connectivity index (χ1n) is 7.10. The van der Waals surface area contributed by atoms with E-state index in [1.807, 2.05) is 11.8 Å². The number of hydrogen-bond acceptors (Lipinski definition) is 3. The van der Waals surface area contributed by atoms with Crippen LogP contribution in [-0.4, -0.2) is 41.6 Å². The van der Waals surface area contributed by atoms with Crippen LogP contribution in [-0.2, 0) is 6.18 Å². The first kappa shape index (κ1) is 14.9. The number of aromatic nitrogens is 1. The number of piperazine rings is 1. The van der Waals surface area contributed by atoms with E-state index in [0.29, 0.717) is 18.4 Å². The van der Waals surface area contributed by atoms with Crippen molar-refractivity contribution in [1.82, 2.24) is 9.88 Å². The molecule has 0 radical (unpaired) electrons. The highest BCUT2D eigenvalue weighted by molar-refractivity contribution is 6.29. The fourth-order valence-corrected chi connectivity index (χ4v) is 3.50. The average molecular weight is 320 g/mol. The molecule has 0 aromatic carbocycles. The van der Waals surface area contributed by atoms with Gasteiger partial charge in [-0.1, -0.05) is 11.6 Å². The topological polar surface area (TPSA) is 19.4 Å². The molecule has 1 aromatic heterocycles. The van der Waals surface area contributed by atoms with Gasteiger partial charge in [0, 0.05) is 25.2 Å². The van der Waals surface area contributed by atoms with Crippen molar-refractivity contribution in [2.24, 2.45) is 0 Å². The summed E-state index contributed by atoms with van der Waals surface area (Å²) in [5, 5.41) is -0.110. The Labute approximate surface area is 126 Å². The monoisotopic (exact) mass is 319 g/mol. The van der Waals surface area contributed by atoms with Crippen LogP contribution in [0.2, 0.25) is 5.15 Å². The van der Waals surface area contributed by atoms with Gasteiger partial charge in [-0.3, -0.25) is 4.90 Å².